The molecule has 1 aromatic rings. The first kappa shape index (κ1) is 12.4. The van der Waals surface area contributed by atoms with Crippen molar-refractivity contribution in [2.75, 3.05) is 6.61 Å². The van der Waals surface area contributed by atoms with Crippen LogP contribution in [0.3, 0.4) is 0 Å². The Morgan fingerprint density at radius 2 is 2.33 bits per heavy atom. The van der Waals surface area contributed by atoms with E-state index in [1.165, 1.54) is 0 Å². The zero-order valence-corrected chi connectivity index (χ0v) is 10.1. The molecule has 1 atom stereocenters. The van der Waals surface area contributed by atoms with Gasteiger partial charge in [0.05, 0.1) is 5.75 Å². The Balaban J connectivity index is 2.39. The number of aryl methyl sites for hydroxylation is 1. The molecule has 86 valence electrons. The highest BCUT2D eigenvalue weighted by atomic mass is 32.2. The van der Waals surface area contributed by atoms with E-state index in [9.17, 15) is 0 Å². The van der Waals surface area contributed by atoms with Gasteiger partial charge in [0.2, 0.25) is 0 Å². The summed E-state index contributed by atoms with van der Waals surface area (Å²) in [7, 11) is 0. The van der Waals surface area contributed by atoms with E-state index in [2.05, 4.69) is 29.4 Å². The number of tetrazole rings is 1. The molecule has 0 aliphatic carbocycles. The van der Waals surface area contributed by atoms with Gasteiger partial charge in [0.1, 0.15) is 0 Å². The van der Waals surface area contributed by atoms with Gasteiger partial charge in [0, 0.05) is 18.4 Å². The van der Waals surface area contributed by atoms with Crippen molar-refractivity contribution >= 4 is 11.8 Å². The molecule has 6 heteroatoms. The Hall–Kier alpha value is -0.620. The lowest BCUT2D eigenvalue weighted by atomic mass is 10.3. The summed E-state index contributed by atoms with van der Waals surface area (Å²) in [5, 5.41) is 20.8. The van der Waals surface area contributed by atoms with Crippen LogP contribution in [0.5, 0.6) is 0 Å². The Bertz CT molecular complexity index is 279. The molecule has 1 N–H and O–H groups in total. The molecular weight excluding hydrogens is 212 g/mol. The van der Waals surface area contributed by atoms with Crippen molar-refractivity contribution < 1.29 is 5.11 Å². The average molecular weight is 230 g/mol. The maximum atomic E-state index is 8.77. The predicted molar refractivity (Wildman–Crippen MR) is 60.6 cm³/mol. The van der Waals surface area contributed by atoms with Gasteiger partial charge in [-0.1, -0.05) is 13.8 Å². The zero-order chi connectivity index (χ0) is 11.1. The average Bonchev–Trinajstić information content (AvgIpc) is 2.64. The molecule has 0 aliphatic heterocycles. The summed E-state index contributed by atoms with van der Waals surface area (Å²) in [6.45, 7) is 5.33. The van der Waals surface area contributed by atoms with Crippen LogP contribution in [-0.2, 0) is 12.3 Å². The minimum absolute atomic E-state index is 0.244. The lowest BCUT2D eigenvalue weighted by Gasteiger charge is -2.08. The van der Waals surface area contributed by atoms with E-state index < -0.39 is 0 Å². The maximum Gasteiger partial charge on any atom is 0.161 e. The molecule has 1 heterocycles. The molecule has 0 bridgehead atoms. The molecule has 0 fully saturated rings. The van der Waals surface area contributed by atoms with Crippen LogP contribution < -0.4 is 0 Å². The Morgan fingerprint density at radius 1 is 1.53 bits per heavy atom. The Labute approximate surface area is 94.3 Å². The molecule has 0 radical (unpaired) electrons. The van der Waals surface area contributed by atoms with Crippen molar-refractivity contribution in [1.82, 2.24) is 20.2 Å². The highest BCUT2D eigenvalue weighted by Crippen LogP contribution is 2.18. The van der Waals surface area contributed by atoms with Crippen molar-refractivity contribution in [3.63, 3.8) is 0 Å². The van der Waals surface area contributed by atoms with Crippen LogP contribution in [0.15, 0.2) is 0 Å². The number of hydrogen-bond donors (Lipinski definition) is 1. The fraction of sp³-hybridized carbons (Fsp3) is 0.889. The number of thioether (sulfide) groups is 1. The van der Waals surface area contributed by atoms with Crippen LogP contribution in [-0.4, -0.2) is 37.2 Å². The van der Waals surface area contributed by atoms with E-state index in [0.717, 1.165) is 31.0 Å². The first-order chi connectivity index (χ1) is 7.27. The summed E-state index contributed by atoms with van der Waals surface area (Å²) in [6.07, 6.45) is 1.86. The SMILES string of the molecule is CCCn1nnnc1CSC(C)CCO. The second-order valence-corrected chi connectivity index (χ2v) is 4.88. The lowest BCUT2D eigenvalue weighted by Crippen LogP contribution is -2.06. The third kappa shape index (κ3) is 4.17. The smallest absolute Gasteiger partial charge is 0.161 e. The van der Waals surface area contributed by atoms with Gasteiger partial charge in [-0.2, -0.15) is 11.8 Å². The summed E-state index contributed by atoms with van der Waals surface area (Å²) < 4.78 is 1.85. The highest BCUT2D eigenvalue weighted by molar-refractivity contribution is 7.99. The van der Waals surface area contributed by atoms with Gasteiger partial charge in [-0.25, -0.2) is 4.68 Å². The molecule has 1 unspecified atom stereocenters. The summed E-state index contributed by atoms with van der Waals surface area (Å²) in [4.78, 5) is 0. The molecule has 0 amide bonds. The largest absolute Gasteiger partial charge is 0.396 e. The number of aliphatic hydroxyl groups is 1. The minimum atomic E-state index is 0.244. The van der Waals surface area contributed by atoms with Crippen LogP contribution in [0.1, 0.15) is 32.5 Å². The van der Waals surface area contributed by atoms with Crippen molar-refractivity contribution in [3.8, 4) is 0 Å². The van der Waals surface area contributed by atoms with Crippen LogP contribution in [0.4, 0.5) is 0 Å². The van der Waals surface area contributed by atoms with E-state index in [0.29, 0.717) is 5.25 Å². The van der Waals surface area contributed by atoms with Gasteiger partial charge >= 0.3 is 0 Å². The summed E-state index contributed by atoms with van der Waals surface area (Å²) in [5.41, 5.74) is 0. The normalized spacial score (nSPS) is 13.0. The van der Waals surface area contributed by atoms with Crippen LogP contribution >= 0.6 is 11.8 Å². The molecule has 0 aromatic carbocycles. The molecule has 0 aliphatic rings. The summed E-state index contributed by atoms with van der Waals surface area (Å²) in [5.74, 6) is 1.74. The topological polar surface area (TPSA) is 63.8 Å². The Kier molecular flexibility index (Phi) is 5.63. The maximum absolute atomic E-state index is 8.77. The number of rotatable bonds is 7. The molecule has 0 spiro atoms. The fourth-order valence-electron chi connectivity index (χ4n) is 1.19. The molecule has 5 nitrogen and oxygen atoms in total. The summed E-state index contributed by atoms with van der Waals surface area (Å²) in [6, 6.07) is 0. The van der Waals surface area contributed by atoms with Crippen molar-refractivity contribution in [1.29, 1.82) is 0 Å². The number of hydrogen-bond acceptors (Lipinski definition) is 5. The third-order valence-corrected chi connectivity index (χ3v) is 3.30. The lowest BCUT2D eigenvalue weighted by molar-refractivity contribution is 0.289. The standard InChI is InChI=1S/C9H18N4OS/c1-3-5-13-9(10-11-12-13)7-15-8(2)4-6-14/h8,14H,3-7H2,1-2H3. The van der Waals surface area contributed by atoms with Crippen LogP contribution in [0.2, 0.25) is 0 Å². The van der Waals surface area contributed by atoms with Crippen LogP contribution in [0, 0.1) is 0 Å². The summed E-state index contributed by atoms with van der Waals surface area (Å²) >= 11 is 1.78. The third-order valence-electron chi connectivity index (χ3n) is 2.07. The molecule has 0 saturated heterocycles. The second kappa shape index (κ2) is 6.79. The predicted octanol–water partition coefficient (Wildman–Crippen LogP) is 1.09. The van der Waals surface area contributed by atoms with Gasteiger partial charge in [-0.3, -0.25) is 0 Å². The van der Waals surface area contributed by atoms with E-state index in [1.807, 2.05) is 4.68 Å². The number of aromatic nitrogens is 4. The molecule has 1 rings (SSSR count). The monoisotopic (exact) mass is 230 g/mol. The molecule has 15 heavy (non-hydrogen) atoms. The van der Waals surface area contributed by atoms with Crippen LogP contribution in [0.25, 0.3) is 0 Å². The van der Waals surface area contributed by atoms with E-state index >= 15 is 0 Å². The minimum Gasteiger partial charge on any atom is -0.396 e. The van der Waals surface area contributed by atoms with Crippen molar-refractivity contribution in [2.45, 2.75) is 44.2 Å². The fourth-order valence-corrected chi connectivity index (χ4v) is 2.11. The van der Waals surface area contributed by atoms with E-state index in [-0.39, 0.29) is 6.61 Å². The van der Waals surface area contributed by atoms with Crippen molar-refractivity contribution in [3.05, 3.63) is 5.82 Å². The highest BCUT2D eigenvalue weighted by Gasteiger charge is 2.08. The van der Waals surface area contributed by atoms with Gasteiger partial charge in [-0.05, 0) is 23.3 Å². The Morgan fingerprint density at radius 3 is 3.00 bits per heavy atom. The quantitative estimate of drug-likeness (QED) is 0.759. The van der Waals surface area contributed by atoms with E-state index in [1.54, 1.807) is 11.8 Å². The number of aliphatic hydroxyl groups excluding tert-OH is 1. The molecular formula is C9H18N4OS. The van der Waals surface area contributed by atoms with Gasteiger partial charge < -0.3 is 5.11 Å². The van der Waals surface area contributed by atoms with Gasteiger partial charge in [-0.15, -0.1) is 5.10 Å². The second-order valence-electron chi connectivity index (χ2n) is 3.45. The van der Waals surface area contributed by atoms with Gasteiger partial charge in [0.25, 0.3) is 0 Å². The number of nitrogens with zero attached hydrogens (tertiary/aromatic N) is 4. The van der Waals surface area contributed by atoms with Gasteiger partial charge in [0.15, 0.2) is 5.82 Å². The van der Waals surface area contributed by atoms with E-state index in [4.69, 9.17) is 5.11 Å². The zero-order valence-electron chi connectivity index (χ0n) is 9.26. The van der Waals surface area contributed by atoms with Crippen molar-refractivity contribution in [2.24, 2.45) is 0 Å². The molecule has 1 aromatic heterocycles. The molecule has 0 saturated carbocycles. The first-order valence-electron chi connectivity index (χ1n) is 5.25. The first-order valence-corrected chi connectivity index (χ1v) is 6.30.